The van der Waals surface area contributed by atoms with E-state index in [1.54, 1.807) is 0 Å². The summed E-state index contributed by atoms with van der Waals surface area (Å²) >= 11 is 0. The van der Waals surface area contributed by atoms with E-state index in [4.69, 9.17) is 15.4 Å². The molecule has 0 N–H and O–H groups in total. The highest BCUT2D eigenvalue weighted by atomic mass is 35.7. The lowest BCUT2D eigenvalue weighted by atomic mass is 9.58. The van der Waals surface area contributed by atoms with Gasteiger partial charge in [0, 0.05) is 17.3 Å². The molecule has 94 valence electrons. The van der Waals surface area contributed by atoms with Crippen LogP contribution in [0, 0.1) is 11.3 Å². The summed E-state index contributed by atoms with van der Waals surface area (Å²) < 4.78 is 28.0. The molecule has 2 fully saturated rings. The van der Waals surface area contributed by atoms with Crippen LogP contribution in [0.5, 0.6) is 0 Å². The molecule has 0 amide bonds. The molecule has 16 heavy (non-hydrogen) atoms. The average molecular weight is 267 g/mol. The summed E-state index contributed by atoms with van der Waals surface area (Å²) in [7, 11) is 1.94. The lowest BCUT2D eigenvalue weighted by Crippen LogP contribution is -2.54. The van der Waals surface area contributed by atoms with E-state index in [0.29, 0.717) is 12.0 Å². The molecule has 0 radical (unpaired) electrons. The van der Waals surface area contributed by atoms with Gasteiger partial charge in [-0.25, -0.2) is 8.42 Å². The first-order valence-electron chi connectivity index (χ1n) is 5.76. The largest absolute Gasteiger partial charge is 0.375 e. The van der Waals surface area contributed by atoms with Crippen molar-refractivity contribution in [2.45, 2.75) is 45.1 Å². The van der Waals surface area contributed by atoms with Crippen LogP contribution >= 0.6 is 10.7 Å². The molecular formula is C11H19ClO3S. The highest BCUT2D eigenvalue weighted by Crippen LogP contribution is 2.54. The van der Waals surface area contributed by atoms with Crippen molar-refractivity contribution in [3.8, 4) is 0 Å². The van der Waals surface area contributed by atoms with Gasteiger partial charge in [-0.1, -0.05) is 13.8 Å². The average Bonchev–Trinajstić information content (AvgIpc) is 1.96. The Kier molecular flexibility index (Phi) is 3.05. The maximum Gasteiger partial charge on any atom is 0.232 e. The first-order valence-corrected chi connectivity index (χ1v) is 8.24. The van der Waals surface area contributed by atoms with E-state index in [-0.39, 0.29) is 17.3 Å². The highest BCUT2D eigenvalue weighted by molar-refractivity contribution is 8.13. The molecule has 1 aliphatic carbocycles. The summed E-state index contributed by atoms with van der Waals surface area (Å²) in [6, 6.07) is 0. The summed E-state index contributed by atoms with van der Waals surface area (Å²) in [5, 5.41) is 0. The molecule has 3 nitrogen and oxygen atoms in total. The number of ether oxygens (including phenoxy) is 1. The Morgan fingerprint density at radius 2 is 2.00 bits per heavy atom. The van der Waals surface area contributed by atoms with Gasteiger partial charge < -0.3 is 4.74 Å². The molecule has 1 saturated heterocycles. The van der Waals surface area contributed by atoms with Crippen molar-refractivity contribution in [1.29, 1.82) is 0 Å². The van der Waals surface area contributed by atoms with Crippen LogP contribution in [0.3, 0.4) is 0 Å². The van der Waals surface area contributed by atoms with Crippen LogP contribution in [0.15, 0.2) is 0 Å². The Morgan fingerprint density at radius 3 is 2.50 bits per heavy atom. The topological polar surface area (TPSA) is 43.4 Å². The minimum atomic E-state index is -3.37. The van der Waals surface area contributed by atoms with Gasteiger partial charge in [0.15, 0.2) is 0 Å². The van der Waals surface area contributed by atoms with E-state index >= 15 is 0 Å². The van der Waals surface area contributed by atoms with E-state index in [1.165, 1.54) is 0 Å². The number of hydrogen-bond donors (Lipinski definition) is 0. The Bertz CT molecular complexity index is 367. The molecule has 0 aromatic heterocycles. The molecule has 1 unspecified atom stereocenters. The monoisotopic (exact) mass is 266 g/mol. The summed E-state index contributed by atoms with van der Waals surface area (Å²) in [6.45, 7) is 5.13. The van der Waals surface area contributed by atoms with Gasteiger partial charge in [-0.3, -0.25) is 0 Å². The highest BCUT2D eigenvalue weighted by Gasteiger charge is 2.52. The van der Waals surface area contributed by atoms with Crippen LogP contribution in [0.25, 0.3) is 0 Å². The SMILES string of the molecule is CC1(C)CC2(CC(CS(=O)(=O)Cl)CCO2)C1. The number of rotatable bonds is 2. The summed E-state index contributed by atoms with van der Waals surface area (Å²) in [6.07, 6.45) is 3.74. The molecule has 0 aromatic carbocycles. The van der Waals surface area contributed by atoms with Crippen molar-refractivity contribution in [3.63, 3.8) is 0 Å². The predicted molar refractivity (Wildman–Crippen MR) is 64.1 cm³/mol. The van der Waals surface area contributed by atoms with Gasteiger partial charge in [-0.15, -0.1) is 0 Å². The van der Waals surface area contributed by atoms with Crippen molar-refractivity contribution in [1.82, 2.24) is 0 Å². The Hall–Kier alpha value is 0.200. The second-order valence-electron chi connectivity index (χ2n) is 6.11. The van der Waals surface area contributed by atoms with Gasteiger partial charge >= 0.3 is 0 Å². The number of hydrogen-bond acceptors (Lipinski definition) is 3. The Labute approximate surface area is 102 Å². The second kappa shape index (κ2) is 3.85. The summed E-state index contributed by atoms with van der Waals surface area (Å²) in [5.74, 6) is 0.271. The van der Waals surface area contributed by atoms with E-state index in [9.17, 15) is 8.42 Å². The van der Waals surface area contributed by atoms with Crippen LogP contribution < -0.4 is 0 Å². The van der Waals surface area contributed by atoms with Crippen molar-refractivity contribution >= 4 is 19.7 Å². The second-order valence-corrected chi connectivity index (χ2v) is 8.94. The quantitative estimate of drug-likeness (QED) is 0.722. The van der Waals surface area contributed by atoms with Crippen LogP contribution in [-0.4, -0.2) is 26.4 Å². The maximum absolute atomic E-state index is 11.1. The Balaban J connectivity index is 1.96. The first kappa shape index (κ1) is 12.7. The van der Waals surface area contributed by atoms with E-state index in [0.717, 1.165) is 25.7 Å². The van der Waals surface area contributed by atoms with Gasteiger partial charge in [0.05, 0.1) is 11.4 Å². The number of halogens is 1. The third kappa shape index (κ3) is 2.90. The molecule has 1 saturated carbocycles. The summed E-state index contributed by atoms with van der Waals surface area (Å²) in [4.78, 5) is 0. The van der Waals surface area contributed by atoms with Crippen LogP contribution in [0.4, 0.5) is 0 Å². The molecule has 5 heteroatoms. The fourth-order valence-electron chi connectivity index (χ4n) is 3.49. The molecule has 0 bridgehead atoms. The molecule has 1 atom stereocenters. The first-order chi connectivity index (χ1) is 7.20. The van der Waals surface area contributed by atoms with E-state index in [2.05, 4.69) is 13.8 Å². The van der Waals surface area contributed by atoms with Gasteiger partial charge in [-0.05, 0) is 37.0 Å². The third-order valence-electron chi connectivity index (χ3n) is 3.63. The minimum absolute atomic E-state index is 0.0476. The van der Waals surface area contributed by atoms with Crippen molar-refractivity contribution in [2.75, 3.05) is 12.4 Å². The normalized spacial score (nSPS) is 32.3. The molecule has 1 aliphatic heterocycles. The fourth-order valence-corrected chi connectivity index (χ4v) is 4.87. The predicted octanol–water partition coefficient (Wildman–Crippen LogP) is 2.54. The summed E-state index contributed by atoms with van der Waals surface area (Å²) in [5.41, 5.74) is 0.301. The van der Waals surface area contributed by atoms with Gasteiger partial charge in [-0.2, -0.15) is 0 Å². The van der Waals surface area contributed by atoms with E-state index < -0.39 is 9.05 Å². The maximum atomic E-state index is 11.1. The van der Waals surface area contributed by atoms with E-state index in [1.807, 2.05) is 0 Å². The van der Waals surface area contributed by atoms with Gasteiger partial charge in [0.2, 0.25) is 9.05 Å². The zero-order chi connectivity index (χ0) is 12.0. The lowest BCUT2D eigenvalue weighted by Gasteiger charge is -2.56. The van der Waals surface area contributed by atoms with Crippen LogP contribution in [0.2, 0.25) is 0 Å². The molecule has 0 aromatic rings. The molecule has 2 aliphatic rings. The zero-order valence-corrected chi connectivity index (χ0v) is 11.4. The molecular weight excluding hydrogens is 248 g/mol. The third-order valence-corrected chi connectivity index (χ3v) is 4.88. The van der Waals surface area contributed by atoms with Crippen molar-refractivity contribution in [3.05, 3.63) is 0 Å². The van der Waals surface area contributed by atoms with Crippen molar-refractivity contribution in [2.24, 2.45) is 11.3 Å². The van der Waals surface area contributed by atoms with Gasteiger partial charge in [0.1, 0.15) is 0 Å². The smallest absolute Gasteiger partial charge is 0.232 e. The molecule has 2 rings (SSSR count). The molecule has 1 spiro atoms. The Morgan fingerprint density at radius 1 is 1.38 bits per heavy atom. The standard InChI is InChI=1S/C11H19ClO3S/c1-10(2)7-11(8-10)5-9(3-4-15-11)6-16(12,13)14/h9H,3-8H2,1-2H3. The van der Waals surface area contributed by atoms with Crippen molar-refractivity contribution < 1.29 is 13.2 Å². The van der Waals surface area contributed by atoms with Crippen LogP contribution in [0.1, 0.15) is 39.5 Å². The van der Waals surface area contributed by atoms with Crippen LogP contribution in [-0.2, 0) is 13.8 Å². The minimum Gasteiger partial charge on any atom is -0.375 e. The zero-order valence-electron chi connectivity index (χ0n) is 9.83. The van der Waals surface area contributed by atoms with Gasteiger partial charge in [0.25, 0.3) is 0 Å². The fraction of sp³-hybridized carbons (Fsp3) is 1.00. The lowest BCUT2D eigenvalue weighted by molar-refractivity contribution is -0.189. The molecule has 1 heterocycles.